The fraction of sp³-hybridized carbons (Fsp3) is 0.211. The van der Waals surface area contributed by atoms with E-state index < -0.39 is 18.0 Å². The Morgan fingerprint density at radius 2 is 1.97 bits per heavy atom. The van der Waals surface area contributed by atoms with Crippen LogP contribution in [0.4, 0.5) is 10.9 Å². The summed E-state index contributed by atoms with van der Waals surface area (Å²) in [4.78, 5) is 30.4. The van der Waals surface area contributed by atoms with Crippen molar-refractivity contribution in [1.29, 1.82) is 0 Å². The first kappa shape index (κ1) is 20.7. The van der Waals surface area contributed by atoms with Gasteiger partial charge in [0.1, 0.15) is 6.54 Å². The van der Waals surface area contributed by atoms with Crippen LogP contribution in [0.3, 0.4) is 0 Å². The van der Waals surface area contributed by atoms with Gasteiger partial charge >= 0.3 is 5.97 Å². The van der Waals surface area contributed by atoms with Crippen molar-refractivity contribution >= 4 is 45.8 Å². The molecule has 150 valence electrons. The number of hydrogen-bond acceptors (Lipinski definition) is 8. The number of thiazole rings is 1. The van der Waals surface area contributed by atoms with E-state index in [1.165, 1.54) is 18.3 Å². The number of anilines is 2. The van der Waals surface area contributed by atoms with Crippen LogP contribution in [0.15, 0.2) is 47.8 Å². The van der Waals surface area contributed by atoms with Crippen LogP contribution in [0.5, 0.6) is 0 Å². The van der Waals surface area contributed by atoms with E-state index in [0.29, 0.717) is 10.9 Å². The fourth-order valence-electron chi connectivity index (χ4n) is 2.35. The third-order valence-electron chi connectivity index (χ3n) is 3.86. The molecule has 1 atom stereocenters. The second-order valence-electron chi connectivity index (χ2n) is 6.10. The number of carbonyl (C=O) groups excluding carboxylic acids is 2. The second kappa shape index (κ2) is 9.44. The highest BCUT2D eigenvalue weighted by Gasteiger charge is 2.20. The van der Waals surface area contributed by atoms with E-state index in [1.54, 1.807) is 24.1 Å². The highest BCUT2D eigenvalue weighted by Crippen LogP contribution is 2.24. The average Bonchev–Trinajstić information content (AvgIpc) is 3.17. The molecule has 0 saturated carbocycles. The van der Waals surface area contributed by atoms with E-state index in [4.69, 9.17) is 16.3 Å². The summed E-state index contributed by atoms with van der Waals surface area (Å²) in [7, 11) is 1.66. The van der Waals surface area contributed by atoms with Crippen LogP contribution in [-0.4, -0.2) is 46.8 Å². The molecule has 3 rings (SSSR count). The molecular formula is C19H18ClN5O3S. The summed E-state index contributed by atoms with van der Waals surface area (Å²) >= 11 is 7.00. The van der Waals surface area contributed by atoms with Gasteiger partial charge in [-0.2, -0.15) is 0 Å². The van der Waals surface area contributed by atoms with Gasteiger partial charge in [0.25, 0.3) is 5.91 Å². The summed E-state index contributed by atoms with van der Waals surface area (Å²) < 4.78 is 5.20. The molecule has 1 aromatic carbocycles. The van der Waals surface area contributed by atoms with E-state index in [-0.39, 0.29) is 11.7 Å². The van der Waals surface area contributed by atoms with Gasteiger partial charge in [-0.05, 0) is 19.1 Å². The number of ether oxygens (including phenoxy) is 1. The summed E-state index contributed by atoms with van der Waals surface area (Å²) in [5, 5.41) is 12.8. The number of esters is 1. The molecule has 0 bridgehead atoms. The summed E-state index contributed by atoms with van der Waals surface area (Å²) in [5.41, 5.74) is 1.72. The van der Waals surface area contributed by atoms with Crippen molar-refractivity contribution in [2.45, 2.75) is 13.0 Å². The number of halogens is 1. The minimum Gasteiger partial charge on any atom is -0.451 e. The van der Waals surface area contributed by atoms with Crippen molar-refractivity contribution in [3.05, 3.63) is 53.0 Å². The molecule has 10 heteroatoms. The quantitative estimate of drug-likeness (QED) is 0.573. The minimum absolute atomic E-state index is 0.0939. The Hall–Kier alpha value is -3.04. The maximum atomic E-state index is 12.3. The third kappa shape index (κ3) is 5.72. The van der Waals surface area contributed by atoms with Gasteiger partial charge in [-0.1, -0.05) is 41.9 Å². The number of hydrogen-bond donors (Lipinski definition) is 1. The van der Waals surface area contributed by atoms with Crippen molar-refractivity contribution < 1.29 is 14.3 Å². The molecule has 1 N–H and O–H groups in total. The molecule has 0 aliphatic heterocycles. The van der Waals surface area contributed by atoms with Gasteiger partial charge in [0, 0.05) is 18.0 Å². The first-order valence-corrected chi connectivity index (χ1v) is 9.90. The van der Waals surface area contributed by atoms with Crippen LogP contribution in [0.2, 0.25) is 5.15 Å². The summed E-state index contributed by atoms with van der Waals surface area (Å²) in [6, 6.07) is 12.8. The molecule has 29 heavy (non-hydrogen) atoms. The van der Waals surface area contributed by atoms with Gasteiger partial charge < -0.3 is 9.64 Å². The van der Waals surface area contributed by atoms with E-state index >= 15 is 0 Å². The van der Waals surface area contributed by atoms with Crippen molar-refractivity contribution in [2.75, 3.05) is 23.8 Å². The van der Waals surface area contributed by atoms with Gasteiger partial charge in [-0.15, -0.1) is 21.5 Å². The number of carbonyl (C=O) groups is 2. The second-order valence-corrected chi connectivity index (χ2v) is 7.34. The Kier molecular flexibility index (Phi) is 6.73. The lowest BCUT2D eigenvalue weighted by Gasteiger charge is -2.18. The van der Waals surface area contributed by atoms with Crippen LogP contribution in [0.25, 0.3) is 11.3 Å². The summed E-state index contributed by atoms with van der Waals surface area (Å²) in [6.07, 6.45) is -0.976. The molecule has 0 spiro atoms. The number of benzene rings is 1. The van der Waals surface area contributed by atoms with E-state index in [9.17, 15) is 9.59 Å². The minimum atomic E-state index is -0.976. The Labute approximate surface area is 176 Å². The van der Waals surface area contributed by atoms with Gasteiger partial charge in [0.15, 0.2) is 22.2 Å². The third-order valence-corrected chi connectivity index (χ3v) is 4.82. The number of amides is 1. The maximum absolute atomic E-state index is 12.3. The number of nitrogens with zero attached hydrogens (tertiary/aromatic N) is 4. The Morgan fingerprint density at radius 3 is 2.66 bits per heavy atom. The summed E-state index contributed by atoms with van der Waals surface area (Å²) in [6.45, 7) is 1.41. The van der Waals surface area contributed by atoms with Crippen LogP contribution in [0.1, 0.15) is 6.92 Å². The SMILES string of the molecule is CC(OC(=O)CN(C)c1ccc(Cl)nn1)C(=O)Nc1nc(-c2ccccc2)cs1. The maximum Gasteiger partial charge on any atom is 0.326 e. The molecule has 3 aromatic rings. The monoisotopic (exact) mass is 431 g/mol. The molecule has 8 nitrogen and oxygen atoms in total. The Morgan fingerprint density at radius 1 is 1.21 bits per heavy atom. The molecule has 0 aliphatic carbocycles. The van der Waals surface area contributed by atoms with Gasteiger partial charge in [-0.3, -0.25) is 14.9 Å². The van der Waals surface area contributed by atoms with Gasteiger partial charge in [0.2, 0.25) is 0 Å². The van der Waals surface area contributed by atoms with E-state index in [1.807, 2.05) is 35.7 Å². The van der Waals surface area contributed by atoms with Crippen LogP contribution in [0, 0.1) is 0 Å². The number of nitrogens with one attached hydrogen (secondary N) is 1. The molecule has 0 saturated heterocycles. The summed E-state index contributed by atoms with van der Waals surface area (Å²) in [5.74, 6) is -0.572. The first-order chi connectivity index (χ1) is 13.9. The fourth-order valence-corrected chi connectivity index (χ4v) is 3.18. The van der Waals surface area contributed by atoms with Crippen molar-refractivity contribution in [1.82, 2.24) is 15.2 Å². The topological polar surface area (TPSA) is 97.3 Å². The molecule has 0 aliphatic rings. The molecule has 1 amide bonds. The zero-order valence-electron chi connectivity index (χ0n) is 15.7. The average molecular weight is 432 g/mol. The largest absolute Gasteiger partial charge is 0.451 e. The Bertz CT molecular complexity index is 981. The molecule has 0 fully saturated rings. The zero-order chi connectivity index (χ0) is 20.8. The lowest BCUT2D eigenvalue weighted by atomic mass is 10.2. The molecule has 2 heterocycles. The van der Waals surface area contributed by atoms with E-state index in [2.05, 4.69) is 20.5 Å². The normalized spacial score (nSPS) is 11.6. The van der Waals surface area contributed by atoms with Crippen molar-refractivity contribution in [3.8, 4) is 11.3 Å². The highest BCUT2D eigenvalue weighted by atomic mass is 35.5. The van der Waals surface area contributed by atoms with Crippen LogP contribution >= 0.6 is 22.9 Å². The number of rotatable bonds is 7. The lowest BCUT2D eigenvalue weighted by Crippen LogP contribution is -2.34. The standard InChI is InChI=1S/C19H18ClN5O3S/c1-12(28-17(26)10-25(2)16-9-8-15(20)23-24-16)18(27)22-19-21-14(11-29-19)13-6-4-3-5-7-13/h3-9,11-12H,10H2,1-2H3,(H,21,22,27). The smallest absolute Gasteiger partial charge is 0.326 e. The number of likely N-dealkylation sites (N-methyl/N-ethyl adjacent to an activating group) is 1. The predicted molar refractivity (Wildman–Crippen MR) is 112 cm³/mol. The number of aromatic nitrogens is 3. The van der Waals surface area contributed by atoms with Crippen LogP contribution < -0.4 is 10.2 Å². The molecular weight excluding hydrogens is 414 g/mol. The molecule has 1 unspecified atom stereocenters. The highest BCUT2D eigenvalue weighted by molar-refractivity contribution is 7.14. The predicted octanol–water partition coefficient (Wildman–Crippen LogP) is 3.26. The van der Waals surface area contributed by atoms with Gasteiger partial charge in [-0.25, -0.2) is 4.98 Å². The van der Waals surface area contributed by atoms with Gasteiger partial charge in [0.05, 0.1) is 5.69 Å². The lowest BCUT2D eigenvalue weighted by molar-refractivity contribution is -0.151. The van der Waals surface area contributed by atoms with Crippen LogP contribution in [-0.2, 0) is 14.3 Å². The Balaban J connectivity index is 1.52. The zero-order valence-corrected chi connectivity index (χ0v) is 17.3. The molecule has 2 aromatic heterocycles. The van der Waals surface area contributed by atoms with E-state index in [0.717, 1.165) is 11.3 Å². The van der Waals surface area contributed by atoms with Crippen molar-refractivity contribution in [3.63, 3.8) is 0 Å². The van der Waals surface area contributed by atoms with Crippen molar-refractivity contribution in [2.24, 2.45) is 0 Å². The first-order valence-electron chi connectivity index (χ1n) is 8.64. The molecule has 0 radical (unpaired) electrons.